The SMILES string of the molecule is CC(C)OCc1ccc(C(C)C)cc1. The van der Waals surface area contributed by atoms with E-state index in [4.69, 9.17) is 4.74 Å². The van der Waals surface area contributed by atoms with E-state index in [1.807, 2.05) is 0 Å². The van der Waals surface area contributed by atoms with Crippen molar-refractivity contribution in [1.82, 2.24) is 0 Å². The van der Waals surface area contributed by atoms with E-state index in [1.165, 1.54) is 11.1 Å². The first kappa shape index (κ1) is 11.3. The van der Waals surface area contributed by atoms with Crippen molar-refractivity contribution in [2.75, 3.05) is 0 Å². The number of benzene rings is 1. The van der Waals surface area contributed by atoms with Gasteiger partial charge in [0.1, 0.15) is 0 Å². The number of hydrogen-bond acceptors (Lipinski definition) is 1. The molecule has 1 aromatic carbocycles. The summed E-state index contributed by atoms with van der Waals surface area (Å²) in [6.45, 7) is 9.25. The fourth-order valence-electron chi connectivity index (χ4n) is 1.26. The molecular formula is C13H20O. The van der Waals surface area contributed by atoms with Gasteiger partial charge >= 0.3 is 0 Å². The van der Waals surface area contributed by atoms with E-state index in [1.54, 1.807) is 0 Å². The Morgan fingerprint density at radius 2 is 1.57 bits per heavy atom. The minimum absolute atomic E-state index is 0.305. The molecule has 1 nitrogen and oxygen atoms in total. The predicted octanol–water partition coefficient (Wildman–Crippen LogP) is 3.74. The van der Waals surface area contributed by atoms with Gasteiger partial charge < -0.3 is 4.74 Å². The maximum absolute atomic E-state index is 5.53. The lowest BCUT2D eigenvalue weighted by Gasteiger charge is -2.09. The second kappa shape index (κ2) is 5.16. The Morgan fingerprint density at radius 1 is 1.00 bits per heavy atom. The first-order valence-corrected chi connectivity index (χ1v) is 5.30. The standard InChI is InChI=1S/C13H20O/c1-10(2)13-7-5-12(6-8-13)9-14-11(3)4/h5-8,10-11H,9H2,1-4H3. The molecule has 0 fully saturated rings. The molecule has 1 heteroatoms. The summed E-state index contributed by atoms with van der Waals surface area (Å²) in [7, 11) is 0. The second-order valence-electron chi connectivity index (χ2n) is 4.26. The van der Waals surface area contributed by atoms with Crippen LogP contribution in [0.2, 0.25) is 0 Å². The first-order chi connectivity index (χ1) is 6.59. The van der Waals surface area contributed by atoms with Crippen LogP contribution in [0.15, 0.2) is 24.3 Å². The first-order valence-electron chi connectivity index (χ1n) is 5.30. The van der Waals surface area contributed by atoms with Crippen molar-refractivity contribution in [1.29, 1.82) is 0 Å². The van der Waals surface area contributed by atoms with E-state index in [0.29, 0.717) is 12.0 Å². The van der Waals surface area contributed by atoms with Crippen molar-refractivity contribution in [2.45, 2.75) is 46.3 Å². The number of hydrogen-bond donors (Lipinski definition) is 0. The average molecular weight is 192 g/mol. The van der Waals surface area contributed by atoms with Gasteiger partial charge in [-0.1, -0.05) is 38.1 Å². The molecule has 0 saturated carbocycles. The molecule has 0 aliphatic carbocycles. The Bertz CT molecular complexity index is 259. The highest BCUT2D eigenvalue weighted by Crippen LogP contribution is 2.15. The van der Waals surface area contributed by atoms with Gasteiger partial charge in [0.25, 0.3) is 0 Å². The summed E-state index contributed by atoms with van der Waals surface area (Å²) in [6.07, 6.45) is 0.305. The van der Waals surface area contributed by atoms with Gasteiger partial charge in [-0.3, -0.25) is 0 Å². The van der Waals surface area contributed by atoms with Gasteiger partial charge in [-0.2, -0.15) is 0 Å². The van der Waals surface area contributed by atoms with Gasteiger partial charge in [0.05, 0.1) is 12.7 Å². The van der Waals surface area contributed by atoms with E-state index in [0.717, 1.165) is 6.61 Å². The molecule has 0 aromatic heterocycles. The van der Waals surface area contributed by atoms with Crippen LogP contribution in [0.3, 0.4) is 0 Å². The van der Waals surface area contributed by atoms with Crippen LogP contribution < -0.4 is 0 Å². The van der Waals surface area contributed by atoms with Crippen LogP contribution in [0.25, 0.3) is 0 Å². The maximum Gasteiger partial charge on any atom is 0.0720 e. The molecule has 0 spiro atoms. The van der Waals surface area contributed by atoms with Crippen molar-refractivity contribution in [3.05, 3.63) is 35.4 Å². The topological polar surface area (TPSA) is 9.23 Å². The lowest BCUT2D eigenvalue weighted by Crippen LogP contribution is -2.02. The number of rotatable bonds is 4. The molecule has 0 atom stereocenters. The van der Waals surface area contributed by atoms with E-state index in [-0.39, 0.29) is 0 Å². The zero-order chi connectivity index (χ0) is 10.6. The highest BCUT2D eigenvalue weighted by atomic mass is 16.5. The molecule has 78 valence electrons. The Labute approximate surface area is 87.1 Å². The Kier molecular flexibility index (Phi) is 4.15. The number of ether oxygens (including phenoxy) is 1. The molecule has 0 amide bonds. The van der Waals surface area contributed by atoms with Crippen LogP contribution in [0.5, 0.6) is 0 Å². The van der Waals surface area contributed by atoms with Crippen molar-refractivity contribution >= 4 is 0 Å². The third-order valence-corrected chi connectivity index (χ3v) is 2.23. The minimum atomic E-state index is 0.305. The highest BCUT2D eigenvalue weighted by Gasteiger charge is 1.99. The Morgan fingerprint density at radius 3 is 2.00 bits per heavy atom. The van der Waals surface area contributed by atoms with Crippen molar-refractivity contribution < 1.29 is 4.74 Å². The second-order valence-corrected chi connectivity index (χ2v) is 4.26. The summed E-state index contributed by atoms with van der Waals surface area (Å²) in [6, 6.07) is 8.67. The Hall–Kier alpha value is -0.820. The van der Waals surface area contributed by atoms with Crippen LogP contribution in [0.1, 0.15) is 44.7 Å². The Balaban J connectivity index is 2.55. The predicted molar refractivity (Wildman–Crippen MR) is 60.5 cm³/mol. The molecule has 0 aliphatic rings. The molecular weight excluding hydrogens is 172 g/mol. The molecule has 0 unspecified atom stereocenters. The van der Waals surface area contributed by atoms with Crippen LogP contribution in [-0.2, 0) is 11.3 Å². The van der Waals surface area contributed by atoms with Gasteiger partial charge in [0, 0.05) is 0 Å². The van der Waals surface area contributed by atoms with Crippen LogP contribution >= 0.6 is 0 Å². The normalized spacial score (nSPS) is 11.3. The summed E-state index contributed by atoms with van der Waals surface area (Å²) >= 11 is 0. The minimum Gasteiger partial charge on any atom is -0.374 e. The molecule has 0 saturated heterocycles. The van der Waals surface area contributed by atoms with E-state index in [9.17, 15) is 0 Å². The molecule has 0 N–H and O–H groups in total. The zero-order valence-corrected chi connectivity index (χ0v) is 9.58. The van der Waals surface area contributed by atoms with Crippen molar-refractivity contribution in [3.63, 3.8) is 0 Å². The molecule has 0 bridgehead atoms. The van der Waals surface area contributed by atoms with E-state index < -0.39 is 0 Å². The zero-order valence-electron chi connectivity index (χ0n) is 9.58. The molecule has 0 radical (unpaired) electrons. The lowest BCUT2D eigenvalue weighted by molar-refractivity contribution is 0.0657. The van der Waals surface area contributed by atoms with Crippen LogP contribution in [0, 0.1) is 0 Å². The van der Waals surface area contributed by atoms with Crippen LogP contribution in [-0.4, -0.2) is 6.10 Å². The van der Waals surface area contributed by atoms with E-state index >= 15 is 0 Å². The summed E-state index contributed by atoms with van der Waals surface area (Å²) < 4.78 is 5.53. The average Bonchev–Trinajstić information content (AvgIpc) is 2.15. The van der Waals surface area contributed by atoms with Gasteiger partial charge in [-0.15, -0.1) is 0 Å². The van der Waals surface area contributed by atoms with Crippen LogP contribution in [0.4, 0.5) is 0 Å². The summed E-state index contributed by atoms with van der Waals surface area (Å²) in [4.78, 5) is 0. The maximum atomic E-state index is 5.53. The fraction of sp³-hybridized carbons (Fsp3) is 0.538. The summed E-state index contributed by atoms with van der Waals surface area (Å²) in [5.41, 5.74) is 2.64. The molecule has 1 aromatic rings. The van der Waals surface area contributed by atoms with Gasteiger partial charge in [-0.05, 0) is 30.9 Å². The van der Waals surface area contributed by atoms with Crippen molar-refractivity contribution in [2.24, 2.45) is 0 Å². The molecule has 14 heavy (non-hydrogen) atoms. The van der Waals surface area contributed by atoms with E-state index in [2.05, 4.69) is 52.0 Å². The molecule has 0 heterocycles. The third kappa shape index (κ3) is 3.51. The molecule has 0 aliphatic heterocycles. The van der Waals surface area contributed by atoms with Gasteiger partial charge in [-0.25, -0.2) is 0 Å². The smallest absolute Gasteiger partial charge is 0.0720 e. The molecule has 1 rings (SSSR count). The highest BCUT2D eigenvalue weighted by molar-refractivity contribution is 5.24. The largest absolute Gasteiger partial charge is 0.374 e. The van der Waals surface area contributed by atoms with Gasteiger partial charge in [0.2, 0.25) is 0 Å². The summed E-state index contributed by atoms with van der Waals surface area (Å²) in [5, 5.41) is 0. The monoisotopic (exact) mass is 192 g/mol. The fourth-order valence-corrected chi connectivity index (χ4v) is 1.26. The van der Waals surface area contributed by atoms with Gasteiger partial charge in [0.15, 0.2) is 0 Å². The summed E-state index contributed by atoms with van der Waals surface area (Å²) in [5.74, 6) is 0.607. The van der Waals surface area contributed by atoms with Crippen molar-refractivity contribution in [3.8, 4) is 0 Å². The quantitative estimate of drug-likeness (QED) is 0.706. The lowest BCUT2D eigenvalue weighted by atomic mass is 10.0. The third-order valence-electron chi connectivity index (χ3n) is 2.23.